The molecule has 100 valence electrons. The van der Waals surface area contributed by atoms with E-state index in [9.17, 15) is 9.90 Å². The Bertz CT molecular complexity index is 469. The van der Waals surface area contributed by atoms with Gasteiger partial charge in [-0.25, -0.2) is 4.79 Å². The third-order valence-electron chi connectivity index (χ3n) is 3.23. The second-order valence-electron chi connectivity index (χ2n) is 4.68. The van der Waals surface area contributed by atoms with Gasteiger partial charge in [-0.05, 0) is 18.4 Å². The molecule has 1 aliphatic carbocycles. The van der Waals surface area contributed by atoms with Crippen LogP contribution in [-0.2, 0) is 11.3 Å². The van der Waals surface area contributed by atoms with Crippen molar-refractivity contribution in [3.05, 3.63) is 35.9 Å². The number of benzene rings is 1. The molecule has 0 aromatic heterocycles. The first-order valence-corrected chi connectivity index (χ1v) is 6.24. The highest BCUT2D eigenvalue weighted by atomic mass is 16.5. The molecule has 1 aromatic rings. The van der Waals surface area contributed by atoms with Gasteiger partial charge in [-0.3, -0.25) is 0 Å². The second kappa shape index (κ2) is 6.21. The van der Waals surface area contributed by atoms with E-state index in [0.717, 1.165) is 5.56 Å². The molecule has 0 unspecified atom stereocenters. The Morgan fingerprint density at radius 3 is 2.79 bits per heavy atom. The zero-order chi connectivity index (χ0) is 13.7. The van der Waals surface area contributed by atoms with Crippen LogP contribution >= 0.6 is 0 Å². The maximum atomic E-state index is 11.6. The molecule has 5 nitrogen and oxygen atoms in total. The van der Waals surface area contributed by atoms with Crippen LogP contribution in [0.2, 0.25) is 0 Å². The summed E-state index contributed by atoms with van der Waals surface area (Å²) < 4.78 is 5.06. The van der Waals surface area contributed by atoms with Crippen LogP contribution in [0.5, 0.6) is 0 Å². The van der Waals surface area contributed by atoms with Gasteiger partial charge in [-0.1, -0.05) is 30.3 Å². The number of carbonyl (C=O) groups is 1. The molecular formula is C14H16N2O3. The molecule has 0 bridgehead atoms. The number of ether oxygens (including phenoxy) is 1. The van der Waals surface area contributed by atoms with Crippen LogP contribution in [0.3, 0.4) is 0 Å². The second-order valence-corrected chi connectivity index (χ2v) is 4.68. The monoisotopic (exact) mass is 260 g/mol. The molecule has 1 aromatic carbocycles. The van der Waals surface area contributed by atoms with Crippen molar-refractivity contribution in [2.75, 3.05) is 0 Å². The topological polar surface area (TPSA) is 82.4 Å². The molecule has 1 aliphatic rings. The van der Waals surface area contributed by atoms with Crippen molar-refractivity contribution >= 4 is 6.09 Å². The molecule has 1 fully saturated rings. The number of aliphatic hydroxyl groups is 1. The van der Waals surface area contributed by atoms with Crippen LogP contribution in [0.15, 0.2) is 30.3 Å². The summed E-state index contributed by atoms with van der Waals surface area (Å²) in [6, 6.07) is 11.1. The van der Waals surface area contributed by atoms with Gasteiger partial charge in [0.05, 0.1) is 24.1 Å². The van der Waals surface area contributed by atoms with Crippen molar-refractivity contribution in [1.29, 1.82) is 5.26 Å². The number of hydrogen-bond donors (Lipinski definition) is 2. The van der Waals surface area contributed by atoms with E-state index in [4.69, 9.17) is 10.00 Å². The van der Waals surface area contributed by atoms with Crippen molar-refractivity contribution in [1.82, 2.24) is 5.32 Å². The maximum Gasteiger partial charge on any atom is 0.407 e. The number of carbonyl (C=O) groups excluding carboxylic acids is 1. The largest absolute Gasteiger partial charge is 0.445 e. The van der Waals surface area contributed by atoms with Crippen molar-refractivity contribution in [2.45, 2.75) is 31.6 Å². The smallest absolute Gasteiger partial charge is 0.407 e. The molecule has 1 amide bonds. The van der Waals surface area contributed by atoms with Crippen molar-refractivity contribution in [3.8, 4) is 6.07 Å². The summed E-state index contributed by atoms with van der Waals surface area (Å²) in [7, 11) is 0. The number of hydrogen-bond acceptors (Lipinski definition) is 4. The van der Waals surface area contributed by atoms with Crippen LogP contribution in [0, 0.1) is 17.2 Å². The zero-order valence-corrected chi connectivity index (χ0v) is 10.5. The number of rotatable bonds is 3. The number of alkyl carbamates (subject to hydrolysis) is 1. The fourth-order valence-electron chi connectivity index (χ4n) is 2.19. The molecule has 0 radical (unpaired) electrons. The first kappa shape index (κ1) is 13.4. The predicted molar refractivity (Wildman–Crippen MR) is 67.9 cm³/mol. The molecule has 5 heteroatoms. The minimum absolute atomic E-state index is 0.192. The lowest BCUT2D eigenvalue weighted by Gasteiger charge is -2.16. The Morgan fingerprint density at radius 2 is 2.16 bits per heavy atom. The fraction of sp³-hybridized carbons (Fsp3) is 0.429. The number of amides is 1. The van der Waals surface area contributed by atoms with E-state index in [1.807, 2.05) is 30.3 Å². The van der Waals surface area contributed by atoms with Gasteiger partial charge >= 0.3 is 6.09 Å². The highest BCUT2D eigenvalue weighted by molar-refractivity contribution is 5.67. The van der Waals surface area contributed by atoms with Gasteiger partial charge in [0.2, 0.25) is 0 Å². The molecular weight excluding hydrogens is 244 g/mol. The van der Waals surface area contributed by atoms with Crippen molar-refractivity contribution in [2.24, 2.45) is 5.92 Å². The molecule has 2 N–H and O–H groups in total. The van der Waals surface area contributed by atoms with Gasteiger partial charge in [0.1, 0.15) is 6.61 Å². The minimum Gasteiger partial charge on any atom is -0.445 e. The Balaban J connectivity index is 1.77. The fourth-order valence-corrected chi connectivity index (χ4v) is 2.19. The molecule has 3 atom stereocenters. The van der Waals surface area contributed by atoms with Crippen LogP contribution in [-0.4, -0.2) is 23.3 Å². The predicted octanol–water partition coefficient (Wildman–Crippen LogP) is 1.58. The Labute approximate surface area is 111 Å². The van der Waals surface area contributed by atoms with E-state index in [-0.39, 0.29) is 12.5 Å². The highest BCUT2D eigenvalue weighted by Gasteiger charge is 2.34. The van der Waals surface area contributed by atoms with Crippen molar-refractivity contribution in [3.63, 3.8) is 0 Å². The zero-order valence-electron chi connectivity index (χ0n) is 10.5. The van der Waals surface area contributed by atoms with E-state index in [1.165, 1.54) is 0 Å². The van der Waals surface area contributed by atoms with E-state index in [1.54, 1.807) is 0 Å². The number of nitrogens with one attached hydrogen (secondary N) is 1. The van der Waals surface area contributed by atoms with Gasteiger partial charge in [0.15, 0.2) is 0 Å². The average Bonchev–Trinajstić information content (AvgIpc) is 2.78. The number of aliphatic hydroxyl groups excluding tert-OH is 1. The van der Waals surface area contributed by atoms with Gasteiger partial charge in [0.25, 0.3) is 0 Å². The van der Waals surface area contributed by atoms with Crippen LogP contribution < -0.4 is 5.32 Å². The van der Waals surface area contributed by atoms with E-state index in [0.29, 0.717) is 12.8 Å². The first-order valence-electron chi connectivity index (χ1n) is 6.24. The van der Waals surface area contributed by atoms with Gasteiger partial charge in [0, 0.05) is 0 Å². The minimum atomic E-state index is -0.672. The molecule has 0 spiro atoms. The Hall–Kier alpha value is -2.06. The van der Waals surface area contributed by atoms with Crippen molar-refractivity contribution < 1.29 is 14.6 Å². The first-order chi connectivity index (χ1) is 9.19. The maximum absolute atomic E-state index is 11.6. The third kappa shape index (κ3) is 3.70. The summed E-state index contributed by atoms with van der Waals surface area (Å²) >= 11 is 0. The van der Waals surface area contributed by atoms with Crippen LogP contribution in [0.1, 0.15) is 18.4 Å². The SMILES string of the molecule is N#C[C@@H]1C[C@@H](O)[C@H](NC(=O)OCc2ccccc2)C1. The van der Waals surface area contributed by atoms with Gasteiger partial charge in [-0.2, -0.15) is 5.26 Å². The summed E-state index contributed by atoms with van der Waals surface area (Å²) in [4.78, 5) is 11.6. The van der Waals surface area contributed by atoms with E-state index >= 15 is 0 Å². The van der Waals surface area contributed by atoms with Crippen LogP contribution in [0.4, 0.5) is 4.79 Å². The van der Waals surface area contributed by atoms with E-state index in [2.05, 4.69) is 11.4 Å². The molecule has 0 aliphatic heterocycles. The lowest BCUT2D eigenvalue weighted by Crippen LogP contribution is -2.40. The van der Waals surface area contributed by atoms with Crippen LogP contribution in [0.25, 0.3) is 0 Å². The summed E-state index contributed by atoms with van der Waals surface area (Å²) in [5.74, 6) is -0.200. The molecule has 19 heavy (non-hydrogen) atoms. The number of nitriles is 1. The average molecular weight is 260 g/mol. The lowest BCUT2D eigenvalue weighted by molar-refractivity contribution is 0.113. The summed E-state index contributed by atoms with van der Waals surface area (Å²) in [6.07, 6.45) is -0.362. The van der Waals surface area contributed by atoms with Gasteiger partial charge < -0.3 is 15.2 Å². The van der Waals surface area contributed by atoms with E-state index < -0.39 is 18.2 Å². The number of nitrogens with zero attached hydrogens (tertiary/aromatic N) is 1. The Morgan fingerprint density at radius 1 is 1.42 bits per heavy atom. The Kier molecular flexibility index (Phi) is 4.37. The normalized spacial score (nSPS) is 25.6. The lowest BCUT2D eigenvalue weighted by atomic mass is 10.1. The quantitative estimate of drug-likeness (QED) is 0.864. The molecule has 0 saturated heterocycles. The standard InChI is InChI=1S/C14H16N2O3/c15-8-11-6-12(13(17)7-11)16-14(18)19-9-10-4-2-1-3-5-10/h1-5,11-13,17H,6-7,9H2,(H,16,18)/t11-,12+,13+/m0/s1. The summed E-state index contributed by atoms with van der Waals surface area (Å²) in [5.41, 5.74) is 0.902. The third-order valence-corrected chi connectivity index (χ3v) is 3.23. The molecule has 0 heterocycles. The molecule has 1 saturated carbocycles. The molecule has 2 rings (SSSR count). The summed E-state index contributed by atoms with van der Waals surface area (Å²) in [5, 5.41) is 21.1. The summed E-state index contributed by atoms with van der Waals surface area (Å²) in [6.45, 7) is 0.192. The van der Waals surface area contributed by atoms with Gasteiger partial charge in [-0.15, -0.1) is 0 Å². The highest BCUT2D eigenvalue weighted by Crippen LogP contribution is 2.25.